The lowest BCUT2D eigenvalue weighted by atomic mass is 10.7. The summed E-state index contributed by atoms with van der Waals surface area (Å²) in [5, 5.41) is 17.1. The molecule has 0 N–H and O–H groups in total. The molecule has 0 fully saturated rings. The Labute approximate surface area is 55.5 Å². The summed E-state index contributed by atoms with van der Waals surface area (Å²) in [5.74, 6) is 0. The highest BCUT2D eigenvalue weighted by molar-refractivity contribution is 4.71. The molecule has 0 rings (SSSR count). The summed E-state index contributed by atoms with van der Waals surface area (Å²) < 4.78 is 0. The zero-order valence-corrected chi connectivity index (χ0v) is 4.84. The van der Waals surface area contributed by atoms with E-state index >= 15 is 0 Å². The summed E-state index contributed by atoms with van der Waals surface area (Å²) >= 11 is 0. The van der Waals surface area contributed by atoms with Crippen LogP contribution in [0.25, 0.3) is 10.9 Å². The fraction of sp³-hybridized carbons (Fsp3) is 1.00. The number of nitrogens with zero attached hydrogens (tertiary/aromatic N) is 4. The molecule has 0 bridgehead atoms. The quantitative estimate of drug-likeness (QED) is 0.312. The van der Waals surface area contributed by atoms with Gasteiger partial charge in [0.1, 0.15) is 0 Å². The maximum Gasteiger partial charge on any atom is -0.0127 e. The molecule has 8 heteroatoms. The van der Waals surface area contributed by atoms with Gasteiger partial charge < -0.3 is 10.9 Å². The Hall–Kier alpha value is -1.60. The Bertz CT molecular complexity index is 119. The Morgan fingerprint density at radius 1 is 1.00 bits per heavy atom. The summed E-state index contributed by atoms with van der Waals surface area (Å²) in [6.07, 6.45) is 0. The van der Waals surface area contributed by atoms with Gasteiger partial charge in [-0.05, 0) is 10.1 Å². The van der Waals surface area contributed by atoms with Crippen LogP contribution in [0.3, 0.4) is 0 Å². The fourth-order valence-electron chi connectivity index (χ4n) is 0.253. The standard InChI is InChI=1S/C2H4N4O4/c7-5(8)3-1-2-4-6(9)10/h1-2H2/q-2. The van der Waals surface area contributed by atoms with Crippen LogP contribution < -0.4 is 0 Å². The summed E-state index contributed by atoms with van der Waals surface area (Å²) in [6.45, 7) is -0.512. The minimum Gasteiger partial charge on any atom is -0.380 e. The maximum atomic E-state index is 9.47. The lowest BCUT2D eigenvalue weighted by Crippen LogP contribution is -2.01. The van der Waals surface area contributed by atoms with Crippen LogP contribution in [0.15, 0.2) is 0 Å². The van der Waals surface area contributed by atoms with E-state index < -0.39 is 10.1 Å². The molecular formula is C2H4N4O4-2. The van der Waals surface area contributed by atoms with E-state index in [-0.39, 0.29) is 13.1 Å². The van der Waals surface area contributed by atoms with E-state index in [4.69, 9.17) is 0 Å². The van der Waals surface area contributed by atoms with Crippen molar-refractivity contribution in [2.24, 2.45) is 0 Å². The Morgan fingerprint density at radius 2 is 1.30 bits per heavy atom. The van der Waals surface area contributed by atoms with E-state index in [1.807, 2.05) is 0 Å². The van der Waals surface area contributed by atoms with Gasteiger partial charge in [-0.1, -0.05) is 13.1 Å². The summed E-state index contributed by atoms with van der Waals surface area (Å²) in [4.78, 5) is 18.9. The topological polar surface area (TPSA) is 114 Å². The molecule has 0 amide bonds. The molecular weight excluding hydrogens is 144 g/mol. The highest BCUT2D eigenvalue weighted by Crippen LogP contribution is 1.90. The van der Waals surface area contributed by atoms with Crippen molar-refractivity contribution in [1.82, 2.24) is 0 Å². The third-order valence-corrected chi connectivity index (χ3v) is 0.531. The first-order valence-electron chi connectivity index (χ1n) is 2.26. The molecule has 0 heterocycles. The van der Waals surface area contributed by atoms with Crippen molar-refractivity contribution < 1.29 is 10.1 Å². The fourth-order valence-corrected chi connectivity index (χ4v) is 0.253. The highest BCUT2D eigenvalue weighted by Gasteiger charge is 1.77. The number of rotatable bonds is 5. The first-order chi connectivity index (χ1) is 4.63. The molecule has 58 valence electrons. The average Bonchev–Trinajstić information content (AvgIpc) is 1.79. The van der Waals surface area contributed by atoms with Gasteiger partial charge in [0.25, 0.3) is 0 Å². The van der Waals surface area contributed by atoms with Crippen molar-refractivity contribution >= 4 is 0 Å². The van der Waals surface area contributed by atoms with Gasteiger partial charge in [0.05, 0.1) is 0 Å². The number of nitro groups is 2. The Morgan fingerprint density at radius 3 is 1.50 bits per heavy atom. The van der Waals surface area contributed by atoms with Crippen molar-refractivity contribution in [3.05, 3.63) is 31.1 Å². The second-order valence-electron chi connectivity index (χ2n) is 1.21. The largest absolute Gasteiger partial charge is 0.380 e. The van der Waals surface area contributed by atoms with E-state index in [0.29, 0.717) is 0 Å². The lowest BCUT2D eigenvalue weighted by Gasteiger charge is -2.12. The predicted octanol–water partition coefficient (Wildman–Crippen LogP) is 0.117. The van der Waals surface area contributed by atoms with Crippen LogP contribution in [0.5, 0.6) is 0 Å². The van der Waals surface area contributed by atoms with E-state index in [9.17, 15) is 20.2 Å². The summed E-state index contributed by atoms with van der Waals surface area (Å²) in [6, 6.07) is 0. The smallest absolute Gasteiger partial charge is 0.0127 e. The van der Waals surface area contributed by atoms with E-state index in [0.717, 1.165) is 0 Å². The molecule has 0 aliphatic heterocycles. The maximum absolute atomic E-state index is 9.47. The predicted molar refractivity (Wildman–Crippen MR) is 30.4 cm³/mol. The number of hydrogen-bond donors (Lipinski definition) is 0. The minimum atomic E-state index is -0.907. The van der Waals surface area contributed by atoms with Crippen molar-refractivity contribution in [3.63, 3.8) is 0 Å². The van der Waals surface area contributed by atoms with Crippen molar-refractivity contribution in [3.8, 4) is 0 Å². The zero-order chi connectivity index (χ0) is 7.98. The van der Waals surface area contributed by atoms with Crippen LogP contribution in [-0.2, 0) is 0 Å². The normalized spacial score (nSPS) is 8.40. The highest BCUT2D eigenvalue weighted by atomic mass is 16.7. The molecule has 10 heavy (non-hydrogen) atoms. The van der Waals surface area contributed by atoms with Gasteiger partial charge in [-0.15, -0.1) is 0 Å². The monoisotopic (exact) mass is 148 g/mol. The van der Waals surface area contributed by atoms with Gasteiger partial charge in [-0.2, -0.15) is 0 Å². The molecule has 0 aliphatic carbocycles. The second-order valence-corrected chi connectivity index (χ2v) is 1.21. The SMILES string of the molecule is O=[N+]([O-])[N-]CC[N-][N+](=O)[O-]. The second kappa shape index (κ2) is 4.30. The van der Waals surface area contributed by atoms with E-state index in [2.05, 4.69) is 10.9 Å². The molecule has 0 aromatic heterocycles. The van der Waals surface area contributed by atoms with Gasteiger partial charge in [-0.3, -0.25) is 20.2 Å². The molecule has 0 aromatic rings. The Kier molecular flexibility index (Phi) is 3.61. The van der Waals surface area contributed by atoms with Gasteiger partial charge in [0, 0.05) is 0 Å². The molecule has 8 nitrogen and oxygen atoms in total. The first kappa shape index (κ1) is 8.40. The van der Waals surface area contributed by atoms with E-state index in [1.165, 1.54) is 0 Å². The first-order valence-corrected chi connectivity index (χ1v) is 2.26. The molecule has 0 atom stereocenters. The zero-order valence-electron chi connectivity index (χ0n) is 4.84. The molecule has 0 saturated heterocycles. The third-order valence-electron chi connectivity index (χ3n) is 0.531. The van der Waals surface area contributed by atoms with Crippen LogP contribution in [0.4, 0.5) is 0 Å². The van der Waals surface area contributed by atoms with Crippen molar-refractivity contribution in [2.75, 3.05) is 13.1 Å². The van der Waals surface area contributed by atoms with E-state index in [1.54, 1.807) is 0 Å². The number of hydrogen-bond acceptors (Lipinski definition) is 4. The average molecular weight is 148 g/mol. The molecule has 0 aromatic carbocycles. The lowest BCUT2D eigenvalue weighted by molar-refractivity contribution is -0.434. The minimum absolute atomic E-state index is 0.256. The third kappa shape index (κ3) is 6.40. The van der Waals surface area contributed by atoms with Gasteiger partial charge in [0.2, 0.25) is 0 Å². The molecule has 0 aliphatic rings. The molecule has 0 saturated carbocycles. The van der Waals surface area contributed by atoms with Gasteiger partial charge in [0.15, 0.2) is 0 Å². The van der Waals surface area contributed by atoms with Gasteiger partial charge >= 0.3 is 0 Å². The van der Waals surface area contributed by atoms with Crippen molar-refractivity contribution in [1.29, 1.82) is 0 Å². The van der Waals surface area contributed by atoms with Crippen LogP contribution in [-0.4, -0.2) is 23.2 Å². The molecule has 0 unspecified atom stereocenters. The summed E-state index contributed by atoms with van der Waals surface area (Å²) in [7, 11) is 0. The van der Waals surface area contributed by atoms with Crippen LogP contribution >= 0.6 is 0 Å². The van der Waals surface area contributed by atoms with Gasteiger partial charge in [-0.25, -0.2) is 0 Å². The van der Waals surface area contributed by atoms with Crippen LogP contribution in [0.1, 0.15) is 0 Å². The molecule has 0 spiro atoms. The molecule has 0 radical (unpaired) electrons. The Balaban J connectivity index is 3.06. The summed E-state index contributed by atoms with van der Waals surface area (Å²) in [5.41, 5.74) is 5.44. The van der Waals surface area contributed by atoms with Crippen LogP contribution in [0, 0.1) is 20.2 Å². The van der Waals surface area contributed by atoms with Crippen molar-refractivity contribution in [2.45, 2.75) is 0 Å². The van der Waals surface area contributed by atoms with Crippen LogP contribution in [0.2, 0.25) is 0 Å².